The number of hydrogen-bond donors (Lipinski definition) is 0. The third-order valence-electron chi connectivity index (χ3n) is 9.42. The van der Waals surface area contributed by atoms with Crippen molar-refractivity contribution in [3.63, 3.8) is 0 Å². The Morgan fingerprint density at radius 2 is 1.91 bits per heavy atom. The van der Waals surface area contributed by atoms with Crippen LogP contribution in [-0.2, 0) is 23.8 Å². The van der Waals surface area contributed by atoms with Crippen molar-refractivity contribution < 1.29 is 23.8 Å². The molecule has 1 saturated heterocycles. The van der Waals surface area contributed by atoms with E-state index in [-0.39, 0.29) is 11.4 Å². The number of esters is 1. The first-order valence-corrected chi connectivity index (χ1v) is 12.9. The number of rotatable bonds is 3. The number of Topliss-reactive ketones (excluding diaryl/α,β-unsaturated/α-hetero) is 1. The quantitative estimate of drug-likeness (QED) is 0.449. The minimum Gasteiger partial charge on any atom is -0.465 e. The molecule has 178 valence electrons. The van der Waals surface area contributed by atoms with Crippen LogP contribution in [-0.4, -0.2) is 37.4 Å². The molecule has 0 aromatic rings. The number of hydrogen-bond acceptors (Lipinski definition) is 5. The van der Waals surface area contributed by atoms with Crippen LogP contribution >= 0.6 is 0 Å². The molecule has 5 rings (SSSR count). The summed E-state index contributed by atoms with van der Waals surface area (Å²) in [5.41, 5.74) is 0.769. The molecular formula is C27H40O5. The Balaban J connectivity index is 1.34. The number of carbonyl (C=O) groups excluding carboxylic acids is 2. The molecule has 0 aromatic heterocycles. The molecule has 0 amide bonds. The zero-order chi connectivity index (χ0) is 22.7. The van der Waals surface area contributed by atoms with Crippen LogP contribution in [0.2, 0.25) is 0 Å². The molecule has 0 bridgehead atoms. The molecule has 5 nitrogen and oxygen atoms in total. The highest BCUT2D eigenvalue weighted by Gasteiger charge is 2.60. The first kappa shape index (κ1) is 22.6. The van der Waals surface area contributed by atoms with E-state index in [0.717, 1.165) is 38.5 Å². The second-order valence-electron chi connectivity index (χ2n) is 12.2. The van der Waals surface area contributed by atoms with Gasteiger partial charge in [0.05, 0.1) is 25.2 Å². The van der Waals surface area contributed by atoms with Crippen molar-refractivity contribution in [1.29, 1.82) is 0 Å². The number of fused-ring (bicyclic) bond motifs is 5. The minimum atomic E-state index is -0.500. The molecule has 5 aliphatic rings. The topological polar surface area (TPSA) is 61.8 Å². The van der Waals surface area contributed by atoms with E-state index in [9.17, 15) is 9.59 Å². The van der Waals surface area contributed by atoms with Gasteiger partial charge in [-0.05, 0) is 95.0 Å². The van der Waals surface area contributed by atoms with Crippen molar-refractivity contribution in [3.8, 4) is 0 Å². The lowest BCUT2D eigenvalue weighted by atomic mass is 9.49. The number of ether oxygens (including phenoxy) is 3. The summed E-state index contributed by atoms with van der Waals surface area (Å²) in [5.74, 6) is 2.66. The molecule has 1 spiro atoms. The molecule has 3 saturated carbocycles. The molecule has 4 fully saturated rings. The lowest BCUT2D eigenvalue weighted by Crippen LogP contribution is -2.51. The Kier molecular flexibility index (Phi) is 5.60. The molecule has 1 aliphatic heterocycles. The first-order chi connectivity index (χ1) is 15.2. The summed E-state index contributed by atoms with van der Waals surface area (Å²) in [6.07, 6.45) is 10.00. The van der Waals surface area contributed by atoms with Gasteiger partial charge in [0, 0.05) is 18.3 Å². The van der Waals surface area contributed by atoms with Crippen LogP contribution in [0.1, 0.15) is 79.1 Å². The molecule has 4 unspecified atom stereocenters. The van der Waals surface area contributed by atoms with E-state index in [2.05, 4.69) is 13.0 Å². The summed E-state index contributed by atoms with van der Waals surface area (Å²) < 4.78 is 17.6. The zero-order valence-electron chi connectivity index (χ0n) is 20.3. The maximum absolute atomic E-state index is 13.3. The van der Waals surface area contributed by atoms with Gasteiger partial charge in [-0.2, -0.15) is 0 Å². The van der Waals surface area contributed by atoms with E-state index in [4.69, 9.17) is 14.2 Å². The summed E-state index contributed by atoms with van der Waals surface area (Å²) in [6, 6.07) is 0. The summed E-state index contributed by atoms with van der Waals surface area (Å²) in [7, 11) is 0. The van der Waals surface area contributed by atoms with Gasteiger partial charge in [-0.3, -0.25) is 9.59 Å². The normalized spacial score (nSPS) is 40.4. The van der Waals surface area contributed by atoms with Crippen LogP contribution in [0.4, 0.5) is 0 Å². The average Bonchev–Trinajstić information content (AvgIpc) is 3.32. The lowest BCUT2D eigenvalue weighted by Gasteiger charge is -2.56. The largest absolute Gasteiger partial charge is 0.465 e. The fourth-order valence-electron chi connectivity index (χ4n) is 8.01. The fourth-order valence-corrected chi connectivity index (χ4v) is 8.01. The predicted molar refractivity (Wildman–Crippen MR) is 121 cm³/mol. The molecule has 6 atom stereocenters. The van der Waals surface area contributed by atoms with E-state index in [0.29, 0.717) is 68.0 Å². The van der Waals surface area contributed by atoms with Gasteiger partial charge in [0.2, 0.25) is 0 Å². The molecular weight excluding hydrogens is 404 g/mol. The molecule has 0 N–H and O–H groups in total. The van der Waals surface area contributed by atoms with Crippen LogP contribution < -0.4 is 0 Å². The third-order valence-corrected chi connectivity index (χ3v) is 9.42. The van der Waals surface area contributed by atoms with Gasteiger partial charge in [0.1, 0.15) is 5.78 Å². The fraction of sp³-hybridized carbons (Fsp3) is 0.852. The second-order valence-corrected chi connectivity index (χ2v) is 12.2. The Hall–Kier alpha value is -1.20. The molecule has 0 radical (unpaired) electrons. The average molecular weight is 445 g/mol. The maximum atomic E-state index is 13.3. The second kappa shape index (κ2) is 7.94. The molecule has 0 aromatic carbocycles. The van der Waals surface area contributed by atoms with Crippen LogP contribution in [0.5, 0.6) is 0 Å². The molecule has 5 heteroatoms. The van der Waals surface area contributed by atoms with Crippen molar-refractivity contribution in [3.05, 3.63) is 11.6 Å². The van der Waals surface area contributed by atoms with E-state index < -0.39 is 11.2 Å². The van der Waals surface area contributed by atoms with Gasteiger partial charge in [0.25, 0.3) is 0 Å². The standard InChI is InChI=1S/C27H40O5/c1-17-15-18-16-27(31-13-14-32-27)10-8-19(18)20-7-9-26(11-12-30-24(29)25(2,3)4)21(23(17)20)5-6-22(26)28/h16-17,19-21,23H,5-15H2,1-4H3/t17-,19?,20?,21?,23?,26-/m1/s1. The smallest absolute Gasteiger partial charge is 0.311 e. The highest BCUT2D eigenvalue weighted by atomic mass is 16.7. The van der Waals surface area contributed by atoms with Gasteiger partial charge in [-0.1, -0.05) is 12.5 Å². The highest BCUT2D eigenvalue weighted by Crippen LogP contribution is 2.63. The van der Waals surface area contributed by atoms with Crippen molar-refractivity contribution in [2.24, 2.45) is 40.4 Å². The lowest BCUT2D eigenvalue weighted by molar-refractivity contribution is -0.157. The van der Waals surface area contributed by atoms with Crippen molar-refractivity contribution in [2.75, 3.05) is 19.8 Å². The zero-order valence-corrected chi connectivity index (χ0v) is 20.3. The summed E-state index contributed by atoms with van der Waals surface area (Å²) in [6.45, 7) is 9.80. The van der Waals surface area contributed by atoms with Crippen molar-refractivity contribution in [2.45, 2.75) is 84.8 Å². The Morgan fingerprint density at radius 1 is 1.16 bits per heavy atom. The van der Waals surface area contributed by atoms with Crippen molar-refractivity contribution >= 4 is 11.8 Å². The van der Waals surface area contributed by atoms with Crippen molar-refractivity contribution in [1.82, 2.24) is 0 Å². The highest BCUT2D eigenvalue weighted by molar-refractivity contribution is 5.87. The maximum Gasteiger partial charge on any atom is 0.311 e. The van der Waals surface area contributed by atoms with Gasteiger partial charge in [0.15, 0.2) is 5.79 Å². The Bertz CT molecular complexity index is 801. The summed E-state index contributed by atoms with van der Waals surface area (Å²) in [5, 5.41) is 0. The molecule has 4 aliphatic carbocycles. The number of ketones is 1. The van der Waals surface area contributed by atoms with Crippen LogP contribution in [0.25, 0.3) is 0 Å². The number of allylic oxidation sites excluding steroid dienone is 1. The summed E-state index contributed by atoms with van der Waals surface area (Å²) >= 11 is 0. The van der Waals surface area contributed by atoms with Gasteiger partial charge < -0.3 is 14.2 Å². The monoisotopic (exact) mass is 444 g/mol. The van der Waals surface area contributed by atoms with Gasteiger partial charge in [-0.15, -0.1) is 0 Å². The van der Waals surface area contributed by atoms with Gasteiger partial charge in [-0.25, -0.2) is 0 Å². The molecule has 32 heavy (non-hydrogen) atoms. The number of carbonyl (C=O) groups is 2. The SMILES string of the molecule is C[C@@H]1CC2=CC3(CCC2C2CC[C@]4(CCOC(=O)C(C)(C)C)C(=O)CCC4C21)OCCO3. The van der Waals surface area contributed by atoms with Crippen LogP contribution in [0.15, 0.2) is 11.6 Å². The first-order valence-electron chi connectivity index (χ1n) is 12.9. The predicted octanol–water partition coefficient (Wildman–Crippen LogP) is 5.08. The minimum absolute atomic E-state index is 0.169. The van der Waals surface area contributed by atoms with Crippen LogP contribution in [0, 0.1) is 40.4 Å². The van der Waals surface area contributed by atoms with E-state index in [1.807, 2.05) is 20.8 Å². The van der Waals surface area contributed by atoms with Crippen LogP contribution in [0.3, 0.4) is 0 Å². The third kappa shape index (κ3) is 3.58. The summed E-state index contributed by atoms with van der Waals surface area (Å²) in [4.78, 5) is 25.5. The van der Waals surface area contributed by atoms with E-state index in [1.54, 1.807) is 5.57 Å². The van der Waals surface area contributed by atoms with E-state index in [1.165, 1.54) is 0 Å². The van der Waals surface area contributed by atoms with E-state index >= 15 is 0 Å². The Morgan fingerprint density at radius 3 is 2.62 bits per heavy atom. The van der Waals surface area contributed by atoms with Gasteiger partial charge >= 0.3 is 5.97 Å². The molecule has 1 heterocycles. The Labute approximate surface area is 192 Å².